The lowest BCUT2D eigenvalue weighted by Crippen LogP contribution is -2.30. The van der Waals surface area contributed by atoms with Crippen molar-refractivity contribution in [3.05, 3.63) is 57.4 Å². The van der Waals surface area contributed by atoms with E-state index in [1.54, 1.807) is 23.5 Å². The van der Waals surface area contributed by atoms with E-state index in [2.05, 4.69) is 10.3 Å². The Kier molecular flexibility index (Phi) is 6.26. The molecule has 2 aromatic heterocycles. The summed E-state index contributed by atoms with van der Waals surface area (Å²) in [6, 6.07) is 9.15. The molecule has 1 N–H and O–H groups in total. The Bertz CT molecular complexity index is 954. The van der Waals surface area contributed by atoms with Crippen molar-refractivity contribution in [1.82, 2.24) is 4.98 Å². The Morgan fingerprint density at radius 2 is 2.11 bits per heavy atom. The number of carbonyl (C=O) groups excluding carboxylic acids is 2. The van der Waals surface area contributed by atoms with Crippen LogP contribution in [-0.2, 0) is 20.7 Å². The van der Waals surface area contributed by atoms with Gasteiger partial charge in [0.25, 0.3) is 5.91 Å². The first kappa shape index (κ1) is 19.5. The van der Waals surface area contributed by atoms with E-state index in [1.165, 1.54) is 18.3 Å². The zero-order valence-corrected chi connectivity index (χ0v) is 17.1. The first-order valence-electron chi connectivity index (χ1n) is 8.17. The monoisotopic (exact) mass is 420 g/mol. The normalized spacial score (nSPS) is 11.8. The summed E-state index contributed by atoms with van der Waals surface area (Å²) >= 11 is 9.03. The van der Waals surface area contributed by atoms with Crippen molar-refractivity contribution in [3.63, 3.8) is 0 Å². The maximum atomic E-state index is 12.3. The summed E-state index contributed by atoms with van der Waals surface area (Å²) in [6.45, 7) is 3.39. The van der Waals surface area contributed by atoms with Gasteiger partial charge < -0.3 is 10.1 Å². The standard InChI is InChI=1S/C19H17ClN2O3S2/c1-11-5-6-13(20)8-15(11)22-18(24)12(2)25-17(23)9-14-10-27-19(21-14)16-4-3-7-26-16/h3-8,10,12H,9H2,1-2H3,(H,22,24). The summed E-state index contributed by atoms with van der Waals surface area (Å²) in [7, 11) is 0. The van der Waals surface area contributed by atoms with Gasteiger partial charge in [0.2, 0.25) is 0 Å². The van der Waals surface area contributed by atoms with Crippen LogP contribution in [0.15, 0.2) is 41.1 Å². The van der Waals surface area contributed by atoms with E-state index in [9.17, 15) is 9.59 Å². The average molecular weight is 421 g/mol. The molecule has 3 rings (SSSR count). The largest absolute Gasteiger partial charge is 0.452 e. The zero-order chi connectivity index (χ0) is 19.4. The van der Waals surface area contributed by atoms with Crippen LogP contribution >= 0.6 is 34.3 Å². The number of nitrogens with zero attached hydrogens (tertiary/aromatic N) is 1. The van der Waals surface area contributed by atoms with Gasteiger partial charge in [-0.15, -0.1) is 22.7 Å². The number of hydrogen-bond acceptors (Lipinski definition) is 6. The number of anilines is 1. The fraction of sp³-hybridized carbons (Fsp3) is 0.211. The number of rotatable bonds is 6. The van der Waals surface area contributed by atoms with Gasteiger partial charge in [-0.25, -0.2) is 4.98 Å². The van der Waals surface area contributed by atoms with Crippen LogP contribution in [0.4, 0.5) is 5.69 Å². The molecule has 0 saturated carbocycles. The average Bonchev–Trinajstić information content (AvgIpc) is 3.29. The van der Waals surface area contributed by atoms with Crippen LogP contribution in [0.1, 0.15) is 18.2 Å². The van der Waals surface area contributed by atoms with Gasteiger partial charge in [-0.1, -0.05) is 23.7 Å². The highest BCUT2D eigenvalue weighted by Gasteiger charge is 2.20. The molecule has 0 aliphatic rings. The Labute approximate surface area is 170 Å². The van der Waals surface area contributed by atoms with Gasteiger partial charge in [0.1, 0.15) is 5.01 Å². The van der Waals surface area contributed by atoms with E-state index in [1.807, 2.05) is 35.9 Å². The number of halogens is 1. The first-order chi connectivity index (χ1) is 12.9. The number of hydrogen-bond donors (Lipinski definition) is 1. The van der Waals surface area contributed by atoms with Gasteiger partial charge in [-0.2, -0.15) is 0 Å². The molecule has 0 aliphatic heterocycles. The molecule has 0 spiro atoms. The van der Waals surface area contributed by atoms with Crippen LogP contribution in [0.5, 0.6) is 0 Å². The van der Waals surface area contributed by atoms with E-state index in [-0.39, 0.29) is 6.42 Å². The van der Waals surface area contributed by atoms with Crippen LogP contribution < -0.4 is 5.32 Å². The molecular weight excluding hydrogens is 404 g/mol. The van der Waals surface area contributed by atoms with Gasteiger partial charge in [-0.05, 0) is 43.0 Å². The van der Waals surface area contributed by atoms with Gasteiger partial charge in [0, 0.05) is 16.1 Å². The second-order valence-electron chi connectivity index (χ2n) is 5.88. The number of benzene rings is 1. The quantitative estimate of drug-likeness (QED) is 0.573. The van der Waals surface area contributed by atoms with Crippen LogP contribution in [0, 0.1) is 6.92 Å². The summed E-state index contributed by atoms with van der Waals surface area (Å²) in [5, 5.41) is 7.93. The number of ether oxygens (including phenoxy) is 1. The minimum absolute atomic E-state index is 0.0235. The second-order valence-corrected chi connectivity index (χ2v) is 8.12. The summed E-state index contributed by atoms with van der Waals surface area (Å²) in [4.78, 5) is 29.9. The molecule has 3 aromatic rings. The first-order valence-corrected chi connectivity index (χ1v) is 10.3. The number of nitrogens with one attached hydrogen (secondary N) is 1. The number of carbonyl (C=O) groups is 2. The summed E-state index contributed by atoms with van der Waals surface area (Å²) in [5.41, 5.74) is 2.09. The molecule has 1 amide bonds. The maximum Gasteiger partial charge on any atom is 0.312 e. The Balaban J connectivity index is 1.55. The van der Waals surface area contributed by atoms with Crippen LogP contribution in [-0.4, -0.2) is 23.0 Å². The van der Waals surface area contributed by atoms with E-state index in [0.29, 0.717) is 16.4 Å². The predicted octanol–water partition coefficient (Wildman–Crippen LogP) is 4.95. The van der Waals surface area contributed by atoms with E-state index < -0.39 is 18.0 Å². The summed E-state index contributed by atoms with van der Waals surface area (Å²) in [5.74, 6) is -0.908. The molecular formula is C19H17ClN2O3S2. The number of thiophene rings is 1. The third kappa shape index (κ3) is 5.15. The summed E-state index contributed by atoms with van der Waals surface area (Å²) < 4.78 is 5.24. The van der Waals surface area contributed by atoms with Crippen molar-refractivity contribution in [1.29, 1.82) is 0 Å². The van der Waals surface area contributed by atoms with E-state index in [4.69, 9.17) is 16.3 Å². The fourth-order valence-electron chi connectivity index (χ4n) is 2.31. The molecule has 0 radical (unpaired) electrons. The molecule has 1 aromatic carbocycles. The lowest BCUT2D eigenvalue weighted by Gasteiger charge is -2.14. The minimum atomic E-state index is -0.925. The molecule has 0 fully saturated rings. The number of amides is 1. The van der Waals surface area contributed by atoms with Crippen molar-refractivity contribution in [2.45, 2.75) is 26.4 Å². The van der Waals surface area contributed by atoms with Crippen molar-refractivity contribution in [2.75, 3.05) is 5.32 Å². The molecule has 2 heterocycles. The highest BCUT2D eigenvalue weighted by molar-refractivity contribution is 7.20. The highest BCUT2D eigenvalue weighted by atomic mass is 35.5. The van der Waals surface area contributed by atoms with Crippen LogP contribution in [0.2, 0.25) is 5.02 Å². The van der Waals surface area contributed by atoms with Gasteiger partial charge in [0.05, 0.1) is 17.0 Å². The van der Waals surface area contributed by atoms with Crippen molar-refractivity contribution in [2.24, 2.45) is 0 Å². The number of esters is 1. The number of aromatic nitrogens is 1. The third-order valence-electron chi connectivity index (χ3n) is 3.74. The zero-order valence-electron chi connectivity index (χ0n) is 14.7. The lowest BCUT2D eigenvalue weighted by atomic mass is 10.2. The second kappa shape index (κ2) is 8.65. The Hall–Kier alpha value is -2.22. The topological polar surface area (TPSA) is 68.3 Å². The molecule has 140 valence electrons. The molecule has 0 saturated heterocycles. The minimum Gasteiger partial charge on any atom is -0.452 e. The van der Waals surface area contributed by atoms with Crippen molar-refractivity contribution >= 4 is 51.8 Å². The lowest BCUT2D eigenvalue weighted by molar-refractivity contribution is -0.152. The SMILES string of the molecule is Cc1ccc(Cl)cc1NC(=O)C(C)OC(=O)Cc1csc(-c2cccs2)n1. The smallest absolute Gasteiger partial charge is 0.312 e. The molecule has 5 nitrogen and oxygen atoms in total. The molecule has 0 bridgehead atoms. The molecule has 0 aliphatic carbocycles. The Morgan fingerprint density at radius 1 is 1.30 bits per heavy atom. The van der Waals surface area contributed by atoms with E-state index >= 15 is 0 Å². The van der Waals surface area contributed by atoms with Crippen molar-refractivity contribution in [3.8, 4) is 9.88 Å². The molecule has 1 atom stereocenters. The van der Waals surface area contributed by atoms with Crippen LogP contribution in [0.3, 0.4) is 0 Å². The maximum absolute atomic E-state index is 12.3. The van der Waals surface area contributed by atoms with E-state index in [0.717, 1.165) is 15.4 Å². The molecule has 1 unspecified atom stereocenters. The highest BCUT2D eigenvalue weighted by Crippen LogP contribution is 2.28. The number of aryl methyl sites for hydroxylation is 1. The molecule has 8 heteroatoms. The third-order valence-corrected chi connectivity index (χ3v) is 5.91. The molecule has 27 heavy (non-hydrogen) atoms. The van der Waals surface area contributed by atoms with Gasteiger partial charge in [0.15, 0.2) is 6.10 Å². The van der Waals surface area contributed by atoms with Gasteiger partial charge in [-0.3, -0.25) is 9.59 Å². The predicted molar refractivity (Wildman–Crippen MR) is 110 cm³/mol. The fourth-order valence-corrected chi connectivity index (χ4v) is 4.11. The van der Waals surface area contributed by atoms with Gasteiger partial charge >= 0.3 is 5.97 Å². The Morgan fingerprint density at radius 3 is 2.85 bits per heavy atom. The van der Waals surface area contributed by atoms with Crippen molar-refractivity contribution < 1.29 is 14.3 Å². The number of thiazole rings is 1. The summed E-state index contributed by atoms with van der Waals surface area (Å²) in [6.07, 6.45) is -0.901. The van der Waals surface area contributed by atoms with Crippen LogP contribution in [0.25, 0.3) is 9.88 Å².